The summed E-state index contributed by atoms with van der Waals surface area (Å²) in [6.07, 6.45) is 1.09. The first kappa shape index (κ1) is 25.2. The maximum Gasteiger partial charge on any atom is 0.280 e. The van der Waals surface area contributed by atoms with E-state index in [2.05, 4.69) is 10.0 Å². The van der Waals surface area contributed by atoms with Crippen LogP contribution >= 0.6 is 0 Å². The van der Waals surface area contributed by atoms with Gasteiger partial charge in [0.1, 0.15) is 5.75 Å². The van der Waals surface area contributed by atoms with Crippen LogP contribution in [0.1, 0.15) is 42.6 Å². The van der Waals surface area contributed by atoms with E-state index in [4.69, 9.17) is 4.74 Å². The van der Waals surface area contributed by atoms with Crippen LogP contribution in [0.3, 0.4) is 0 Å². The highest BCUT2D eigenvalue weighted by Gasteiger charge is 2.40. The lowest BCUT2D eigenvalue weighted by Crippen LogP contribution is -2.56. The van der Waals surface area contributed by atoms with Crippen molar-refractivity contribution in [1.29, 1.82) is 0 Å². The molecule has 3 N–H and O–H groups in total. The SMILES string of the molecule is COc1ccccc1C(=O)NCC1(c2ccccc2)CCN(S(=O)(=O)NC(C)(C)CO)CC1. The highest BCUT2D eigenvalue weighted by molar-refractivity contribution is 7.87. The van der Waals surface area contributed by atoms with Gasteiger partial charge in [-0.25, -0.2) is 0 Å². The van der Waals surface area contributed by atoms with Crippen LogP contribution in [0.25, 0.3) is 0 Å². The molecule has 3 rings (SSSR count). The Morgan fingerprint density at radius 1 is 1.09 bits per heavy atom. The van der Waals surface area contributed by atoms with Crippen LogP contribution < -0.4 is 14.8 Å². The number of carbonyl (C=O) groups is 1. The van der Waals surface area contributed by atoms with Crippen molar-refractivity contribution in [1.82, 2.24) is 14.3 Å². The van der Waals surface area contributed by atoms with Crippen molar-refractivity contribution < 1.29 is 23.1 Å². The molecule has 180 valence electrons. The Labute approximate surface area is 196 Å². The average molecular weight is 476 g/mol. The summed E-state index contributed by atoms with van der Waals surface area (Å²) in [6.45, 7) is 3.94. The molecule has 1 fully saturated rings. The average Bonchev–Trinajstić information content (AvgIpc) is 2.82. The van der Waals surface area contributed by atoms with Crippen LogP contribution in [0.4, 0.5) is 0 Å². The van der Waals surface area contributed by atoms with Crippen LogP contribution in [-0.2, 0) is 15.6 Å². The van der Waals surface area contributed by atoms with E-state index in [0.29, 0.717) is 43.8 Å². The van der Waals surface area contributed by atoms with Crippen LogP contribution in [0, 0.1) is 0 Å². The van der Waals surface area contributed by atoms with Crippen molar-refractivity contribution in [2.24, 2.45) is 0 Å². The van der Waals surface area contributed by atoms with Crippen molar-refractivity contribution in [2.75, 3.05) is 33.4 Å². The van der Waals surface area contributed by atoms with Crippen LogP contribution in [0.5, 0.6) is 5.75 Å². The number of piperidine rings is 1. The fourth-order valence-electron chi connectivity index (χ4n) is 4.14. The van der Waals surface area contributed by atoms with E-state index in [0.717, 1.165) is 5.56 Å². The first-order valence-electron chi connectivity index (χ1n) is 11.0. The minimum atomic E-state index is -3.75. The summed E-state index contributed by atoms with van der Waals surface area (Å²) in [6, 6.07) is 16.9. The molecule has 9 heteroatoms. The molecule has 2 aromatic carbocycles. The van der Waals surface area contributed by atoms with Gasteiger partial charge in [-0.3, -0.25) is 4.79 Å². The number of carbonyl (C=O) groups excluding carboxylic acids is 1. The molecule has 0 atom stereocenters. The normalized spacial score (nSPS) is 16.8. The summed E-state index contributed by atoms with van der Waals surface area (Å²) in [7, 11) is -2.22. The molecule has 0 aliphatic carbocycles. The van der Waals surface area contributed by atoms with Crippen molar-refractivity contribution in [3.8, 4) is 5.75 Å². The Morgan fingerprint density at radius 2 is 1.70 bits per heavy atom. The molecule has 0 saturated carbocycles. The number of para-hydroxylation sites is 1. The monoisotopic (exact) mass is 475 g/mol. The number of nitrogens with one attached hydrogen (secondary N) is 2. The first-order chi connectivity index (χ1) is 15.6. The Bertz CT molecular complexity index is 1050. The number of rotatable bonds is 9. The molecule has 0 radical (unpaired) electrons. The fraction of sp³-hybridized carbons (Fsp3) is 0.458. The van der Waals surface area contributed by atoms with Gasteiger partial charge < -0.3 is 15.2 Å². The maximum atomic E-state index is 12.9. The van der Waals surface area contributed by atoms with E-state index in [-0.39, 0.29) is 12.5 Å². The smallest absolute Gasteiger partial charge is 0.280 e. The van der Waals surface area contributed by atoms with Gasteiger partial charge in [0.15, 0.2) is 0 Å². The topological polar surface area (TPSA) is 108 Å². The highest BCUT2D eigenvalue weighted by atomic mass is 32.2. The second-order valence-electron chi connectivity index (χ2n) is 9.08. The number of amides is 1. The van der Waals surface area contributed by atoms with E-state index < -0.39 is 21.2 Å². The molecule has 1 amide bonds. The van der Waals surface area contributed by atoms with Crippen LogP contribution in [0.15, 0.2) is 54.6 Å². The number of hydrogen-bond donors (Lipinski definition) is 3. The molecule has 8 nitrogen and oxygen atoms in total. The van der Waals surface area contributed by atoms with Gasteiger partial charge in [-0.15, -0.1) is 0 Å². The highest BCUT2D eigenvalue weighted by Crippen LogP contribution is 2.36. The van der Waals surface area contributed by atoms with Gasteiger partial charge in [0.25, 0.3) is 16.1 Å². The third-order valence-corrected chi connectivity index (χ3v) is 8.00. The molecular formula is C24H33N3O5S. The molecule has 0 unspecified atom stereocenters. The molecule has 1 aliphatic rings. The van der Waals surface area contributed by atoms with E-state index in [1.165, 1.54) is 11.4 Å². The molecule has 0 aromatic heterocycles. The summed E-state index contributed by atoms with van der Waals surface area (Å²) in [5.74, 6) is 0.270. The molecule has 33 heavy (non-hydrogen) atoms. The minimum Gasteiger partial charge on any atom is -0.496 e. The lowest BCUT2D eigenvalue weighted by atomic mass is 9.73. The largest absolute Gasteiger partial charge is 0.496 e. The summed E-state index contributed by atoms with van der Waals surface area (Å²) in [5.41, 5.74) is 0.164. The number of benzene rings is 2. The zero-order valence-electron chi connectivity index (χ0n) is 19.4. The zero-order valence-corrected chi connectivity index (χ0v) is 20.2. The number of hydrogen-bond acceptors (Lipinski definition) is 5. The third-order valence-electron chi connectivity index (χ3n) is 6.15. The number of aliphatic hydroxyl groups excluding tert-OH is 1. The zero-order chi connectivity index (χ0) is 24.1. The minimum absolute atomic E-state index is 0.232. The van der Waals surface area contributed by atoms with Crippen molar-refractivity contribution in [3.05, 3.63) is 65.7 Å². The number of nitrogens with zero attached hydrogens (tertiary/aromatic N) is 1. The van der Waals surface area contributed by atoms with Gasteiger partial charge in [-0.2, -0.15) is 17.4 Å². The lowest BCUT2D eigenvalue weighted by Gasteiger charge is -2.42. The van der Waals surface area contributed by atoms with Crippen LogP contribution in [0.2, 0.25) is 0 Å². The van der Waals surface area contributed by atoms with Crippen molar-refractivity contribution in [2.45, 2.75) is 37.6 Å². The van der Waals surface area contributed by atoms with Gasteiger partial charge in [0.05, 0.1) is 24.8 Å². The first-order valence-corrected chi connectivity index (χ1v) is 12.4. The second-order valence-corrected chi connectivity index (χ2v) is 10.7. The van der Waals surface area contributed by atoms with E-state index in [1.54, 1.807) is 32.0 Å². The molecule has 1 saturated heterocycles. The molecule has 2 aromatic rings. The molecule has 0 spiro atoms. The van der Waals surface area contributed by atoms with Crippen LogP contribution in [-0.4, -0.2) is 62.6 Å². The third kappa shape index (κ3) is 5.92. The molecule has 1 heterocycles. The summed E-state index contributed by atoms with van der Waals surface area (Å²) in [5, 5.41) is 12.5. The predicted molar refractivity (Wildman–Crippen MR) is 127 cm³/mol. The van der Waals surface area contributed by atoms with Crippen molar-refractivity contribution in [3.63, 3.8) is 0 Å². The molecule has 1 aliphatic heterocycles. The summed E-state index contributed by atoms with van der Waals surface area (Å²) in [4.78, 5) is 12.9. The Balaban J connectivity index is 1.78. The molecular weight excluding hydrogens is 442 g/mol. The van der Waals surface area contributed by atoms with Gasteiger partial charge in [-0.1, -0.05) is 42.5 Å². The van der Waals surface area contributed by atoms with Gasteiger partial charge in [0.2, 0.25) is 0 Å². The fourth-order valence-corrected chi connectivity index (χ4v) is 5.69. The predicted octanol–water partition coefficient (Wildman–Crippen LogP) is 2.06. The standard InChI is InChI=1S/C24H33N3O5S/c1-23(2,18-28)26-33(30,31)27-15-13-24(14-16-27,19-9-5-4-6-10-19)17-25-22(29)20-11-7-8-12-21(20)32-3/h4-12,26,28H,13-18H2,1-3H3,(H,25,29). The second kappa shape index (κ2) is 10.2. The Hall–Kier alpha value is -2.46. The van der Waals surface area contributed by atoms with E-state index >= 15 is 0 Å². The molecule has 0 bridgehead atoms. The van der Waals surface area contributed by atoms with Gasteiger partial charge >= 0.3 is 0 Å². The number of methoxy groups -OCH3 is 1. The number of ether oxygens (including phenoxy) is 1. The summed E-state index contributed by atoms with van der Waals surface area (Å²) < 4.78 is 35.0. The maximum absolute atomic E-state index is 12.9. The van der Waals surface area contributed by atoms with Crippen molar-refractivity contribution >= 4 is 16.1 Å². The van der Waals surface area contributed by atoms with Gasteiger partial charge in [-0.05, 0) is 44.4 Å². The van der Waals surface area contributed by atoms with E-state index in [9.17, 15) is 18.3 Å². The van der Waals surface area contributed by atoms with E-state index in [1.807, 2.05) is 36.4 Å². The lowest BCUT2D eigenvalue weighted by molar-refractivity contribution is 0.0929. The Kier molecular flexibility index (Phi) is 7.79. The summed E-state index contributed by atoms with van der Waals surface area (Å²) >= 11 is 0. The number of aliphatic hydroxyl groups is 1. The quantitative estimate of drug-likeness (QED) is 0.515. The Morgan fingerprint density at radius 3 is 2.30 bits per heavy atom. The van der Waals surface area contributed by atoms with Gasteiger partial charge in [0, 0.05) is 25.0 Å².